The Morgan fingerprint density at radius 1 is 1.48 bits per heavy atom. The highest BCUT2D eigenvalue weighted by atomic mass is 32.2. The van der Waals surface area contributed by atoms with Crippen LogP contribution in [-0.2, 0) is 16.1 Å². The molecule has 8 heteroatoms. The average Bonchev–Trinajstić information content (AvgIpc) is 3.27. The second kappa shape index (κ2) is 7.61. The quantitative estimate of drug-likeness (QED) is 0.793. The van der Waals surface area contributed by atoms with Crippen molar-refractivity contribution in [2.45, 2.75) is 63.6 Å². The summed E-state index contributed by atoms with van der Waals surface area (Å²) in [5.41, 5.74) is 2.11. The van der Waals surface area contributed by atoms with Gasteiger partial charge in [0.15, 0.2) is 11.0 Å². The SMILES string of the molecule is Cc1cc(NC(=O)[C@H](C)Sc2nc(C)c(C)n2C[C@@H]2CCCO2)no1. The molecule has 7 nitrogen and oxygen atoms in total. The molecule has 136 valence electrons. The van der Waals surface area contributed by atoms with Gasteiger partial charge in [0, 0.05) is 18.4 Å². The van der Waals surface area contributed by atoms with Crippen LogP contribution >= 0.6 is 11.8 Å². The normalized spacial score (nSPS) is 18.5. The second-order valence-electron chi connectivity index (χ2n) is 6.38. The molecule has 1 aliphatic heterocycles. The number of hydrogen-bond donors (Lipinski definition) is 1. The van der Waals surface area contributed by atoms with Crippen LogP contribution < -0.4 is 5.32 Å². The van der Waals surface area contributed by atoms with E-state index in [2.05, 4.69) is 26.9 Å². The molecule has 1 amide bonds. The molecule has 3 heterocycles. The predicted octanol–water partition coefficient (Wildman–Crippen LogP) is 3.09. The van der Waals surface area contributed by atoms with Crippen LogP contribution in [0, 0.1) is 20.8 Å². The zero-order valence-corrected chi connectivity index (χ0v) is 15.9. The molecule has 2 atom stereocenters. The first-order chi connectivity index (χ1) is 11.9. The Morgan fingerprint density at radius 2 is 2.28 bits per heavy atom. The fourth-order valence-electron chi connectivity index (χ4n) is 2.79. The Labute approximate surface area is 151 Å². The van der Waals surface area contributed by atoms with E-state index < -0.39 is 0 Å². The molecule has 1 saturated heterocycles. The molecule has 0 spiro atoms. The molecule has 25 heavy (non-hydrogen) atoms. The molecule has 2 aromatic rings. The van der Waals surface area contributed by atoms with Crippen LogP contribution in [0.5, 0.6) is 0 Å². The zero-order valence-electron chi connectivity index (χ0n) is 15.0. The van der Waals surface area contributed by atoms with Gasteiger partial charge in [0.05, 0.1) is 23.6 Å². The highest BCUT2D eigenvalue weighted by Gasteiger charge is 2.23. The molecule has 2 aromatic heterocycles. The van der Waals surface area contributed by atoms with Crippen molar-refractivity contribution in [2.24, 2.45) is 0 Å². The number of amides is 1. The number of imidazole rings is 1. The third kappa shape index (κ3) is 4.24. The highest BCUT2D eigenvalue weighted by Crippen LogP contribution is 2.27. The van der Waals surface area contributed by atoms with E-state index in [0.717, 1.165) is 42.5 Å². The summed E-state index contributed by atoms with van der Waals surface area (Å²) in [4.78, 5) is 17.0. The summed E-state index contributed by atoms with van der Waals surface area (Å²) in [6.07, 6.45) is 2.41. The Bertz CT molecular complexity index is 749. The van der Waals surface area contributed by atoms with Crippen LogP contribution in [0.4, 0.5) is 5.82 Å². The van der Waals surface area contributed by atoms with Crippen LogP contribution in [0.3, 0.4) is 0 Å². The van der Waals surface area contributed by atoms with Gasteiger partial charge in [-0.15, -0.1) is 0 Å². The number of carbonyl (C=O) groups excluding carboxylic acids is 1. The minimum absolute atomic E-state index is 0.125. The lowest BCUT2D eigenvalue weighted by Gasteiger charge is -2.16. The number of nitrogens with zero attached hydrogens (tertiary/aromatic N) is 3. The summed E-state index contributed by atoms with van der Waals surface area (Å²) in [5.74, 6) is 0.972. The van der Waals surface area contributed by atoms with E-state index in [-0.39, 0.29) is 17.3 Å². The van der Waals surface area contributed by atoms with E-state index in [1.165, 1.54) is 11.8 Å². The molecule has 0 aromatic carbocycles. The molecule has 1 N–H and O–H groups in total. The second-order valence-corrected chi connectivity index (χ2v) is 7.69. The standard InChI is InChI=1S/C17H24N4O3S/c1-10-8-15(20-24-10)19-16(22)13(4)25-17-18-11(2)12(3)21(17)9-14-6-5-7-23-14/h8,13-14H,5-7,9H2,1-4H3,(H,19,20,22)/t13-,14-/m0/s1. The first kappa shape index (κ1) is 18.0. The van der Waals surface area contributed by atoms with E-state index in [9.17, 15) is 4.79 Å². The van der Waals surface area contributed by atoms with Crippen LogP contribution in [0.2, 0.25) is 0 Å². The summed E-state index contributed by atoms with van der Waals surface area (Å²) < 4.78 is 12.9. The van der Waals surface area contributed by atoms with Gasteiger partial charge in [-0.3, -0.25) is 4.79 Å². The number of aryl methyl sites for hydroxylation is 2. The maximum atomic E-state index is 12.4. The van der Waals surface area contributed by atoms with Crippen molar-refractivity contribution in [3.05, 3.63) is 23.2 Å². The van der Waals surface area contributed by atoms with Gasteiger partial charge in [0.2, 0.25) is 5.91 Å². The lowest BCUT2D eigenvalue weighted by Crippen LogP contribution is -2.24. The fraction of sp³-hybridized carbons (Fsp3) is 0.588. The summed E-state index contributed by atoms with van der Waals surface area (Å²) in [6.45, 7) is 9.32. The largest absolute Gasteiger partial charge is 0.376 e. The van der Waals surface area contributed by atoms with Gasteiger partial charge < -0.3 is 19.1 Å². The van der Waals surface area contributed by atoms with Crippen LogP contribution in [0.25, 0.3) is 0 Å². The Morgan fingerprint density at radius 3 is 2.92 bits per heavy atom. The number of hydrogen-bond acceptors (Lipinski definition) is 6. The molecule has 3 rings (SSSR count). The van der Waals surface area contributed by atoms with Gasteiger partial charge in [-0.05, 0) is 40.5 Å². The fourth-order valence-corrected chi connectivity index (χ4v) is 3.80. The van der Waals surface area contributed by atoms with Gasteiger partial charge in [-0.25, -0.2) is 4.98 Å². The van der Waals surface area contributed by atoms with Crippen molar-refractivity contribution in [1.82, 2.24) is 14.7 Å². The summed E-state index contributed by atoms with van der Waals surface area (Å²) in [5, 5.41) is 7.11. The zero-order chi connectivity index (χ0) is 18.0. The first-order valence-corrected chi connectivity index (χ1v) is 9.38. The van der Waals surface area contributed by atoms with Gasteiger partial charge in [-0.1, -0.05) is 16.9 Å². The third-order valence-corrected chi connectivity index (χ3v) is 5.45. The Hall–Kier alpha value is -1.80. The molecule has 0 radical (unpaired) electrons. The number of thioether (sulfide) groups is 1. The summed E-state index contributed by atoms with van der Waals surface area (Å²) in [6, 6.07) is 1.70. The summed E-state index contributed by atoms with van der Waals surface area (Å²) >= 11 is 1.45. The van der Waals surface area contributed by atoms with Crippen molar-refractivity contribution in [2.75, 3.05) is 11.9 Å². The first-order valence-electron chi connectivity index (χ1n) is 8.50. The molecule has 0 aliphatic carbocycles. The molecule has 0 saturated carbocycles. The maximum Gasteiger partial charge on any atom is 0.238 e. The van der Waals surface area contributed by atoms with Crippen molar-refractivity contribution < 1.29 is 14.1 Å². The van der Waals surface area contributed by atoms with E-state index in [1.54, 1.807) is 13.0 Å². The van der Waals surface area contributed by atoms with Gasteiger partial charge in [0.25, 0.3) is 0 Å². The van der Waals surface area contributed by atoms with Gasteiger partial charge in [-0.2, -0.15) is 0 Å². The lowest BCUT2D eigenvalue weighted by atomic mass is 10.2. The average molecular weight is 364 g/mol. The number of anilines is 1. The molecule has 0 bridgehead atoms. The third-order valence-electron chi connectivity index (χ3n) is 4.36. The monoisotopic (exact) mass is 364 g/mol. The van der Waals surface area contributed by atoms with E-state index in [4.69, 9.17) is 9.26 Å². The molecular formula is C17H24N4O3S. The van der Waals surface area contributed by atoms with Crippen molar-refractivity contribution in [1.29, 1.82) is 0 Å². The number of rotatable bonds is 6. The Balaban J connectivity index is 1.68. The number of carbonyl (C=O) groups is 1. The Kier molecular flexibility index (Phi) is 5.48. The minimum atomic E-state index is -0.304. The predicted molar refractivity (Wildman–Crippen MR) is 95.9 cm³/mol. The van der Waals surface area contributed by atoms with Crippen molar-refractivity contribution in [3.63, 3.8) is 0 Å². The van der Waals surface area contributed by atoms with Crippen molar-refractivity contribution in [3.8, 4) is 0 Å². The van der Waals surface area contributed by atoms with E-state index in [1.807, 2.05) is 13.8 Å². The molecule has 1 aliphatic rings. The minimum Gasteiger partial charge on any atom is -0.376 e. The van der Waals surface area contributed by atoms with Crippen molar-refractivity contribution >= 4 is 23.5 Å². The van der Waals surface area contributed by atoms with Crippen LogP contribution in [0.15, 0.2) is 15.7 Å². The molecule has 1 fully saturated rings. The van der Waals surface area contributed by atoms with Crippen LogP contribution in [0.1, 0.15) is 36.9 Å². The lowest BCUT2D eigenvalue weighted by molar-refractivity contribution is -0.115. The van der Waals surface area contributed by atoms with Gasteiger partial charge in [0.1, 0.15) is 5.76 Å². The maximum absolute atomic E-state index is 12.4. The number of ether oxygens (including phenoxy) is 1. The molecule has 0 unspecified atom stereocenters. The van der Waals surface area contributed by atoms with Gasteiger partial charge >= 0.3 is 0 Å². The van der Waals surface area contributed by atoms with E-state index >= 15 is 0 Å². The molecular weight excluding hydrogens is 340 g/mol. The smallest absolute Gasteiger partial charge is 0.238 e. The summed E-state index contributed by atoms with van der Waals surface area (Å²) in [7, 11) is 0. The highest BCUT2D eigenvalue weighted by molar-refractivity contribution is 8.00. The number of nitrogens with one attached hydrogen (secondary N) is 1. The topological polar surface area (TPSA) is 82.2 Å². The van der Waals surface area contributed by atoms with Crippen LogP contribution in [-0.4, -0.2) is 38.6 Å². The van der Waals surface area contributed by atoms with E-state index in [0.29, 0.717) is 11.6 Å². The number of aromatic nitrogens is 3.